The second kappa shape index (κ2) is 9.85. The summed E-state index contributed by atoms with van der Waals surface area (Å²) in [6.07, 6.45) is 4.57. The lowest BCUT2D eigenvalue weighted by molar-refractivity contribution is -0.142. The Morgan fingerprint density at radius 2 is 2.27 bits per heavy atom. The second-order valence-corrected chi connectivity index (χ2v) is 4.37. The topological polar surface area (TPSA) is 50.1 Å². The first-order chi connectivity index (χ1) is 7.20. The number of hydrogen-bond donors (Lipinski definition) is 0. The molecule has 0 saturated heterocycles. The minimum Gasteiger partial charge on any atom is -0.466 e. The number of ether oxygens (including phenoxy) is 1. The monoisotopic (exact) mass is 229 g/mol. The molecule has 0 spiro atoms. The molecule has 15 heavy (non-hydrogen) atoms. The molecule has 0 saturated carbocycles. The lowest BCUT2D eigenvalue weighted by Gasteiger charge is -2.14. The molecule has 0 aliphatic rings. The molecule has 0 aromatic carbocycles. The number of thiocyanates is 1. The third-order valence-electron chi connectivity index (χ3n) is 2.12. The van der Waals surface area contributed by atoms with Gasteiger partial charge in [0.1, 0.15) is 5.40 Å². The van der Waals surface area contributed by atoms with Gasteiger partial charge in [0.05, 0.1) is 6.61 Å². The van der Waals surface area contributed by atoms with Gasteiger partial charge in [0, 0.05) is 18.6 Å². The summed E-state index contributed by atoms with van der Waals surface area (Å²) in [4.78, 5) is 10.7. The number of unbranched alkanes of at least 4 members (excludes halogenated alkanes) is 2. The van der Waals surface area contributed by atoms with E-state index in [2.05, 4.69) is 12.3 Å². The normalized spacial score (nSPS) is 11.8. The molecule has 0 fully saturated rings. The van der Waals surface area contributed by atoms with Gasteiger partial charge in [-0.2, -0.15) is 5.26 Å². The molecule has 0 rings (SSSR count). The van der Waals surface area contributed by atoms with Crippen molar-refractivity contribution in [2.75, 3.05) is 12.4 Å². The van der Waals surface area contributed by atoms with Crippen LogP contribution in [-0.2, 0) is 9.53 Å². The van der Waals surface area contributed by atoms with Gasteiger partial charge in [-0.3, -0.25) is 4.79 Å². The number of carbonyl (C=O) groups is 1. The molecular weight excluding hydrogens is 210 g/mol. The van der Waals surface area contributed by atoms with Crippen LogP contribution in [0.5, 0.6) is 0 Å². The summed E-state index contributed by atoms with van der Waals surface area (Å²) in [6.45, 7) is 4.03. The Hall–Kier alpha value is -0.690. The summed E-state index contributed by atoms with van der Waals surface area (Å²) in [7, 11) is 0. The van der Waals surface area contributed by atoms with E-state index in [-0.39, 0.29) is 5.97 Å². The minimum absolute atomic E-state index is 0.238. The maximum Gasteiger partial charge on any atom is 0.302 e. The van der Waals surface area contributed by atoms with Crippen LogP contribution >= 0.6 is 11.8 Å². The van der Waals surface area contributed by atoms with Crippen LogP contribution in [-0.4, -0.2) is 18.3 Å². The van der Waals surface area contributed by atoms with E-state index in [0.717, 1.165) is 18.6 Å². The number of hydrogen-bond acceptors (Lipinski definition) is 4. The van der Waals surface area contributed by atoms with Crippen molar-refractivity contribution in [2.45, 2.75) is 39.5 Å². The first-order valence-electron chi connectivity index (χ1n) is 5.35. The average molecular weight is 229 g/mol. The van der Waals surface area contributed by atoms with E-state index in [0.29, 0.717) is 12.5 Å². The van der Waals surface area contributed by atoms with E-state index >= 15 is 0 Å². The molecule has 0 heterocycles. The van der Waals surface area contributed by atoms with E-state index < -0.39 is 0 Å². The van der Waals surface area contributed by atoms with Crippen molar-refractivity contribution in [3.05, 3.63) is 0 Å². The largest absolute Gasteiger partial charge is 0.466 e. The van der Waals surface area contributed by atoms with E-state index in [4.69, 9.17) is 10.00 Å². The number of nitrogens with zero attached hydrogens (tertiary/aromatic N) is 1. The molecule has 0 radical (unpaired) electrons. The quantitative estimate of drug-likeness (QED) is 0.365. The third-order valence-corrected chi connectivity index (χ3v) is 2.89. The second-order valence-electron chi connectivity index (χ2n) is 3.57. The Labute approximate surface area is 96.2 Å². The Balaban J connectivity index is 3.73. The molecule has 0 bridgehead atoms. The Kier molecular flexibility index (Phi) is 9.40. The summed E-state index contributed by atoms with van der Waals surface area (Å²) in [5, 5.41) is 10.5. The van der Waals surface area contributed by atoms with Crippen molar-refractivity contribution >= 4 is 17.7 Å². The van der Waals surface area contributed by atoms with Crippen LogP contribution in [0.3, 0.4) is 0 Å². The molecule has 1 atom stereocenters. The zero-order chi connectivity index (χ0) is 11.5. The molecule has 0 aliphatic heterocycles. The number of esters is 1. The molecule has 4 heteroatoms. The summed E-state index contributed by atoms with van der Waals surface area (Å²) >= 11 is 1.24. The Morgan fingerprint density at radius 3 is 2.80 bits per heavy atom. The van der Waals surface area contributed by atoms with Crippen LogP contribution < -0.4 is 0 Å². The molecule has 0 aliphatic carbocycles. The molecule has 0 amide bonds. The standard InChI is InChI=1S/C11H19NO2S/c1-3-4-5-6-11(8-15-9-12)7-14-10(2)13/h11H,3-8H2,1-2H3. The fourth-order valence-corrected chi connectivity index (χ4v) is 1.86. The van der Waals surface area contributed by atoms with Gasteiger partial charge in [-0.1, -0.05) is 26.2 Å². The molecular formula is C11H19NO2S. The third kappa shape index (κ3) is 9.61. The molecule has 0 aromatic rings. The van der Waals surface area contributed by atoms with Crippen molar-refractivity contribution in [1.82, 2.24) is 0 Å². The smallest absolute Gasteiger partial charge is 0.302 e. The lowest BCUT2D eigenvalue weighted by atomic mass is 10.0. The van der Waals surface area contributed by atoms with Crippen molar-refractivity contribution in [2.24, 2.45) is 5.92 Å². The Bertz CT molecular complexity index is 213. The van der Waals surface area contributed by atoms with Crippen molar-refractivity contribution in [3.8, 4) is 5.40 Å². The number of carbonyl (C=O) groups excluding carboxylic acids is 1. The van der Waals surface area contributed by atoms with Gasteiger partial charge in [0.15, 0.2) is 0 Å². The first-order valence-corrected chi connectivity index (χ1v) is 6.33. The highest BCUT2D eigenvalue weighted by Crippen LogP contribution is 2.15. The highest BCUT2D eigenvalue weighted by Gasteiger charge is 2.10. The Morgan fingerprint density at radius 1 is 1.53 bits per heavy atom. The van der Waals surface area contributed by atoms with Crippen LogP contribution in [0.1, 0.15) is 39.5 Å². The molecule has 3 nitrogen and oxygen atoms in total. The molecule has 86 valence electrons. The predicted octanol–water partition coefficient (Wildman–Crippen LogP) is 2.96. The van der Waals surface area contributed by atoms with Gasteiger partial charge < -0.3 is 4.74 Å². The van der Waals surface area contributed by atoms with Crippen molar-refractivity contribution < 1.29 is 9.53 Å². The highest BCUT2D eigenvalue weighted by molar-refractivity contribution is 8.03. The molecule has 0 N–H and O–H groups in total. The predicted molar refractivity (Wildman–Crippen MR) is 62.3 cm³/mol. The van der Waals surface area contributed by atoms with E-state index in [1.54, 1.807) is 0 Å². The van der Waals surface area contributed by atoms with Crippen LogP contribution in [0.15, 0.2) is 0 Å². The van der Waals surface area contributed by atoms with Crippen LogP contribution in [0.2, 0.25) is 0 Å². The first kappa shape index (κ1) is 14.3. The lowest BCUT2D eigenvalue weighted by Crippen LogP contribution is -2.14. The number of nitriles is 1. The zero-order valence-corrected chi connectivity index (χ0v) is 10.3. The van der Waals surface area contributed by atoms with Crippen molar-refractivity contribution in [1.29, 1.82) is 5.26 Å². The molecule has 0 aromatic heterocycles. The zero-order valence-electron chi connectivity index (χ0n) is 9.49. The highest BCUT2D eigenvalue weighted by atomic mass is 32.2. The molecule has 1 unspecified atom stereocenters. The van der Waals surface area contributed by atoms with Crippen LogP contribution in [0.4, 0.5) is 0 Å². The van der Waals surface area contributed by atoms with E-state index in [9.17, 15) is 4.79 Å². The maximum absolute atomic E-state index is 10.7. The fourth-order valence-electron chi connectivity index (χ4n) is 1.29. The van der Waals surface area contributed by atoms with Gasteiger partial charge in [-0.25, -0.2) is 0 Å². The maximum atomic E-state index is 10.7. The van der Waals surface area contributed by atoms with E-state index in [1.807, 2.05) is 0 Å². The van der Waals surface area contributed by atoms with Crippen LogP contribution in [0.25, 0.3) is 0 Å². The number of rotatable bonds is 8. The van der Waals surface area contributed by atoms with Gasteiger partial charge in [-0.15, -0.1) is 0 Å². The SMILES string of the molecule is CCCCCC(COC(C)=O)CSC#N. The minimum atomic E-state index is -0.238. The van der Waals surface area contributed by atoms with Crippen molar-refractivity contribution in [3.63, 3.8) is 0 Å². The van der Waals surface area contributed by atoms with E-state index in [1.165, 1.54) is 31.5 Å². The average Bonchev–Trinajstić information content (AvgIpc) is 2.21. The summed E-state index contributed by atoms with van der Waals surface area (Å²) < 4.78 is 4.97. The summed E-state index contributed by atoms with van der Waals surface area (Å²) in [5.41, 5.74) is 0. The number of thioether (sulfide) groups is 1. The van der Waals surface area contributed by atoms with Crippen LogP contribution in [0, 0.1) is 16.6 Å². The van der Waals surface area contributed by atoms with Gasteiger partial charge in [0.25, 0.3) is 0 Å². The van der Waals surface area contributed by atoms with Gasteiger partial charge in [0.2, 0.25) is 0 Å². The van der Waals surface area contributed by atoms with Gasteiger partial charge >= 0.3 is 5.97 Å². The summed E-state index contributed by atoms with van der Waals surface area (Å²) in [6, 6.07) is 0. The van der Waals surface area contributed by atoms with Gasteiger partial charge in [-0.05, 0) is 18.2 Å². The summed E-state index contributed by atoms with van der Waals surface area (Å²) in [5.74, 6) is 0.843. The fraction of sp³-hybridized carbons (Fsp3) is 0.818.